The molecule has 0 aliphatic rings. The summed E-state index contributed by atoms with van der Waals surface area (Å²) in [5.74, 6) is -0.294. The van der Waals surface area contributed by atoms with Gasteiger partial charge in [-0.2, -0.15) is 0 Å². The van der Waals surface area contributed by atoms with Crippen LogP contribution in [0.25, 0.3) is 0 Å². The minimum Gasteiger partial charge on any atom is -0.462 e. The number of aliphatic hydroxyl groups excluding tert-OH is 4. The molecule has 0 amide bonds. The Balaban J connectivity index is -0.000000202. The second-order valence-corrected chi connectivity index (χ2v) is 6.85. The molecule has 0 aliphatic heterocycles. The second kappa shape index (κ2) is 34.8. The number of hydrogen-bond donors (Lipinski definition) is 4. The van der Waals surface area contributed by atoms with Crippen LogP contribution in [0.5, 0.6) is 0 Å². The molecule has 0 heterocycles. The molecular weight excluding hydrogens is 444 g/mol. The Hall–Kier alpha value is -0.756. The van der Waals surface area contributed by atoms with E-state index in [2.05, 4.69) is 20.8 Å². The average Bonchev–Trinajstić information content (AvgIpc) is 2.77. The van der Waals surface area contributed by atoms with Crippen LogP contribution < -0.4 is 0 Å². The third kappa shape index (κ3) is 29.2. The van der Waals surface area contributed by atoms with Gasteiger partial charge in [-0.25, -0.2) is 4.79 Å². The van der Waals surface area contributed by atoms with E-state index in [4.69, 9.17) is 25.2 Å². The minimum atomic E-state index is -0.294. The molecule has 6 nitrogen and oxygen atoms in total. The summed E-state index contributed by atoms with van der Waals surface area (Å²) in [5.41, 5.74) is 1.40. The van der Waals surface area contributed by atoms with Crippen molar-refractivity contribution in [1.82, 2.24) is 0 Å². The fraction of sp³-hybridized carbons (Fsp3) is 0.720. The normalized spacial score (nSPS) is 9.00. The third-order valence-corrected chi connectivity index (χ3v) is 3.88. The summed E-state index contributed by atoms with van der Waals surface area (Å²) < 4.78 is 5.13. The Morgan fingerprint density at radius 3 is 1.50 bits per heavy atom. The molecule has 0 aliphatic carbocycles. The summed E-state index contributed by atoms with van der Waals surface area (Å²) in [6.07, 6.45) is 8.49. The van der Waals surface area contributed by atoms with Crippen molar-refractivity contribution < 1.29 is 51.7 Å². The summed E-state index contributed by atoms with van der Waals surface area (Å²) >= 11 is 0. The van der Waals surface area contributed by atoms with Crippen LogP contribution in [0.4, 0.5) is 0 Å². The molecule has 0 saturated heterocycles. The summed E-state index contributed by atoms with van der Waals surface area (Å²) in [5, 5.41) is 33.1. The van der Waals surface area contributed by atoms with Gasteiger partial charge in [-0.15, -0.1) is 0 Å². The molecule has 188 valence electrons. The van der Waals surface area contributed by atoms with Gasteiger partial charge in [0.15, 0.2) is 0 Å². The Bertz CT molecular complexity index is 451. The molecular formula is C25H48O6Ti. The molecule has 1 aromatic rings. The van der Waals surface area contributed by atoms with Crippen molar-refractivity contribution >= 4 is 5.97 Å². The minimum absolute atomic E-state index is 0. The first-order chi connectivity index (χ1) is 15.0. The molecule has 32 heavy (non-hydrogen) atoms. The van der Waals surface area contributed by atoms with Crippen LogP contribution >= 0.6 is 0 Å². The van der Waals surface area contributed by atoms with Crippen LogP contribution in [0.3, 0.4) is 0 Å². The number of carbonyl (C=O) groups excluding carboxylic acids is 1. The number of carbonyl (C=O) groups is 1. The van der Waals surface area contributed by atoms with Gasteiger partial charge >= 0.3 is 5.97 Å². The molecule has 0 atom stereocenters. The van der Waals surface area contributed by atoms with E-state index >= 15 is 0 Å². The van der Waals surface area contributed by atoms with Gasteiger partial charge < -0.3 is 25.2 Å². The maximum atomic E-state index is 11.7. The van der Waals surface area contributed by atoms with Gasteiger partial charge in [0.2, 0.25) is 0 Å². The summed E-state index contributed by atoms with van der Waals surface area (Å²) in [6, 6.07) is 7.23. The molecule has 0 aromatic heterocycles. The first-order valence-corrected chi connectivity index (χ1v) is 11.7. The Morgan fingerprint density at radius 2 is 1.16 bits per heavy atom. The number of benzene rings is 1. The maximum absolute atomic E-state index is 11.7. The van der Waals surface area contributed by atoms with Crippen molar-refractivity contribution in [3.8, 4) is 0 Å². The largest absolute Gasteiger partial charge is 0.462 e. The van der Waals surface area contributed by atoms with Gasteiger partial charge in [0.25, 0.3) is 0 Å². The van der Waals surface area contributed by atoms with Gasteiger partial charge in [-0.1, -0.05) is 71.6 Å². The molecule has 0 unspecified atom stereocenters. The van der Waals surface area contributed by atoms with E-state index in [1.165, 1.54) is 0 Å². The summed E-state index contributed by atoms with van der Waals surface area (Å²) in [4.78, 5) is 11.7. The van der Waals surface area contributed by atoms with Crippen molar-refractivity contribution in [2.24, 2.45) is 0 Å². The fourth-order valence-corrected chi connectivity index (χ4v) is 1.92. The first-order valence-electron chi connectivity index (χ1n) is 11.7. The van der Waals surface area contributed by atoms with Gasteiger partial charge in [-0.05, 0) is 43.7 Å². The van der Waals surface area contributed by atoms with Gasteiger partial charge in [0.1, 0.15) is 0 Å². The number of hydrogen-bond acceptors (Lipinski definition) is 6. The first kappa shape index (κ1) is 38.5. The van der Waals surface area contributed by atoms with Gasteiger partial charge in [0.05, 0.1) is 12.2 Å². The SMILES string of the molecule is CCCCO.CCCCO.CCCCO.CCCCOC(=O)c1ccccc1CCO.[Ti]. The van der Waals surface area contributed by atoms with Crippen LogP contribution in [-0.2, 0) is 32.9 Å². The van der Waals surface area contributed by atoms with E-state index in [1.54, 1.807) is 12.1 Å². The van der Waals surface area contributed by atoms with E-state index in [1.807, 2.05) is 19.1 Å². The monoisotopic (exact) mass is 492 g/mol. The fourth-order valence-electron chi connectivity index (χ4n) is 1.92. The third-order valence-electron chi connectivity index (χ3n) is 3.88. The number of aliphatic hydroxyl groups is 4. The van der Waals surface area contributed by atoms with Crippen LogP contribution in [0.15, 0.2) is 24.3 Å². The second-order valence-electron chi connectivity index (χ2n) is 6.85. The zero-order valence-electron chi connectivity index (χ0n) is 20.8. The molecule has 0 spiro atoms. The van der Waals surface area contributed by atoms with Crippen molar-refractivity contribution in [2.75, 3.05) is 33.0 Å². The molecule has 1 aromatic carbocycles. The zero-order valence-corrected chi connectivity index (χ0v) is 22.4. The van der Waals surface area contributed by atoms with Crippen LogP contribution in [0.1, 0.15) is 95.0 Å². The zero-order chi connectivity index (χ0) is 24.2. The van der Waals surface area contributed by atoms with Crippen molar-refractivity contribution in [3.63, 3.8) is 0 Å². The molecule has 0 fully saturated rings. The van der Waals surface area contributed by atoms with E-state index in [9.17, 15) is 4.79 Å². The van der Waals surface area contributed by atoms with E-state index < -0.39 is 0 Å². The predicted octanol–water partition coefficient (Wildman–Crippen LogP) is 4.51. The van der Waals surface area contributed by atoms with Crippen LogP contribution in [-0.4, -0.2) is 59.4 Å². The van der Waals surface area contributed by atoms with E-state index in [-0.39, 0.29) is 34.3 Å². The predicted molar refractivity (Wildman–Crippen MR) is 128 cm³/mol. The van der Waals surface area contributed by atoms with Gasteiger partial charge in [0, 0.05) is 48.1 Å². The molecule has 0 bridgehead atoms. The van der Waals surface area contributed by atoms with Crippen molar-refractivity contribution in [2.45, 2.75) is 85.5 Å². The Labute approximate surface area is 211 Å². The van der Waals surface area contributed by atoms with E-state index in [0.717, 1.165) is 56.9 Å². The number of esters is 1. The van der Waals surface area contributed by atoms with Crippen LogP contribution in [0, 0.1) is 0 Å². The number of ether oxygens (including phenoxy) is 1. The molecule has 7 heteroatoms. The van der Waals surface area contributed by atoms with Gasteiger partial charge in [-0.3, -0.25) is 0 Å². The topological polar surface area (TPSA) is 107 Å². The van der Waals surface area contributed by atoms with Crippen molar-refractivity contribution in [3.05, 3.63) is 35.4 Å². The Kier molecular flexibility index (Phi) is 41.9. The summed E-state index contributed by atoms with van der Waals surface area (Å²) in [7, 11) is 0. The smallest absolute Gasteiger partial charge is 0.338 e. The average molecular weight is 493 g/mol. The molecule has 4 N–H and O–H groups in total. The van der Waals surface area contributed by atoms with E-state index in [0.29, 0.717) is 38.4 Å². The maximum Gasteiger partial charge on any atom is 0.338 e. The Morgan fingerprint density at radius 1 is 0.719 bits per heavy atom. The quantitative estimate of drug-likeness (QED) is 0.194. The van der Waals surface area contributed by atoms with Crippen LogP contribution in [0.2, 0.25) is 0 Å². The number of unbranched alkanes of at least 4 members (excludes halogenated alkanes) is 4. The summed E-state index contributed by atoms with van der Waals surface area (Å²) in [6.45, 7) is 9.74. The molecule has 0 saturated carbocycles. The van der Waals surface area contributed by atoms with Crippen molar-refractivity contribution in [1.29, 1.82) is 0 Å². The molecule has 1 rings (SSSR count). The standard InChI is InChI=1S/C13H18O3.3C4H10O.Ti/c1-2-3-10-16-13(15)12-7-5-4-6-11(12)8-9-14;3*1-2-3-4-5;/h4-7,14H,2-3,8-10H2,1H3;3*5H,2-4H2,1H3;. The number of rotatable bonds is 12. The molecule has 0 radical (unpaired) electrons.